The summed E-state index contributed by atoms with van der Waals surface area (Å²) in [5, 5.41) is 4.37. The van der Waals surface area contributed by atoms with Crippen molar-refractivity contribution in [1.29, 1.82) is 0 Å². The Kier molecular flexibility index (Phi) is 7.62. The molecule has 164 valence electrons. The monoisotopic (exact) mass is 408 g/mol. The van der Waals surface area contributed by atoms with E-state index < -0.39 is 0 Å². The summed E-state index contributed by atoms with van der Waals surface area (Å²) in [6.07, 6.45) is 17.5. The van der Waals surface area contributed by atoms with E-state index in [0.717, 1.165) is 35.6 Å². The van der Waals surface area contributed by atoms with Crippen molar-refractivity contribution in [3.05, 3.63) is 35.7 Å². The van der Waals surface area contributed by atoms with Gasteiger partial charge in [0.05, 0.1) is 0 Å². The molecule has 1 aromatic heterocycles. The van der Waals surface area contributed by atoms with Crippen molar-refractivity contribution in [2.75, 3.05) is 0 Å². The SMILES string of the molecule is CCCCc1ccc(-c2nc(C3CCC(C4CCC(CCC)CC4)CC3)no2)cc1. The van der Waals surface area contributed by atoms with Crippen LogP contribution in [0.15, 0.2) is 28.8 Å². The van der Waals surface area contributed by atoms with Gasteiger partial charge in [-0.15, -0.1) is 0 Å². The Balaban J connectivity index is 1.28. The third-order valence-electron chi connectivity index (χ3n) is 7.85. The predicted octanol–water partition coefficient (Wildman–Crippen LogP) is 7.96. The Labute approximate surface area is 183 Å². The van der Waals surface area contributed by atoms with E-state index in [1.54, 1.807) is 0 Å². The van der Waals surface area contributed by atoms with E-state index in [4.69, 9.17) is 9.51 Å². The maximum absolute atomic E-state index is 5.64. The molecule has 0 N–H and O–H groups in total. The molecule has 4 rings (SSSR count). The summed E-state index contributed by atoms with van der Waals surface area (Å²) in [4.78, 5) is 4.79. The highest BCUT2D eigenvalue weighted by atomic mass is 16.5. The van der Waals surface area contributed by atoms with Gasteiger partial charge in [0.25, 0.3) is 5.89 Å². The predicted molar refractivity (Wildman–Crippen MR) is 123 cm³/mol. The van der Waals surface area contributed by atoms with E-state index in [0.29, 0.717) is 11.8 Å². The van der Waals surface area contributed by atoms with Crippen LogP contribution in [0.1, 0.15) is 108 Å². The highest BCUT2D eigenvalue weighted by Gasteiger charge is 2.32. The summed E-state index contributed by atoms with van der Waals surface area (Å²) in [5.74, 6) is 5.03. The summed E-state index contributed by atoms with van der Waals surface area (Å²) >= 11 is 0. The minimum Gasteiger partial charge on any atom is -0.334 e. The zero-order chi connectivity index (χ0) is 20.8. The minimum atomic E-state index is 0.485. The lowest BCUT2D eigenvalue weighted by molar-refractivity contribution is 0.155. The molecule has 0 atom stereocenters. The highest BCUT2D eigenvalue weighted by molar-refractivity contribution is 5.53. The number of hydrogen-bond acceptors (Lipinski definition) is 3. The Hall–Kier alpha value is -1.64. The molecule has 0 amide bonds. The molecule has 0 spiro atoms. The topological polar surface area (TPSA) is 38.9 Å². The summed E-state index contributed by atoms with van der Waals surface area (Å²) in [6, 6.07) is 8.67. The van der Waals surface area contributed by atoms with Crippen molar-refractivity contribution in [1.82, 2.24) is 10.1 Å². The number of rotatable bonds is 8. The van der Waals surface area contributed by atoms with Crippen LogP contribution in [0.4, 0.5) is 0 Å². The molecule has 2 saturated carbocycles. The van der Waals surface area contributed by atoms with Gasteiger partial charge in [0.2, 0.25) is 0 Å². The molecular weight excluding hydrogens is 368 g/mol. The van der Waals surface area contributed by atoms with Crippen LogP contribution in [0, 0.1) is 17.8 Å². The quantitative estimate of drug-likeness (QED) is 0.444. The standard InChI is InChI=1S/C27H40N2O/c1-3-5-7-21-10-14-25(15-11-21)27-28-26(29-30-27)24-18-16-23(17-19-24)22-12-8-20(6-4-2)9-13-22/h10-11,14-15,20,22-24H,3-9,12-13,16-19H2,1-2H3. The van der Waals surface area contributed by atoms with Gasteiger partial charge in [-0.25, -0.2) is 0 Å². The van der Waals surface area contributed by atoms with Crippen LogP contribution in [0.3, 0.4) is 0 Å². The first kappa shape index (κ1) is 21.6. The van der Waals surface area contributed by atoms with Gasteiger partial charge in [0, 0.05) is 11.5 Å². The maximum atomic E-state index is 5.64. The van der Waals surface area contributed by atoms with Crippen molar-refractivity contribution < 1.29 is 4.52 Å². The van der Waals surface area contributed by atoms with Gasteiger partial charge in [0.1, 0.15) is 0 Å². The van der Waals surface area contributed by atoms with Crippen molar-refractivity contribution in [2.24, 2.45) is 17.8 Å². The summed E-state index contributed by atoms with van der Waals surface area (Å²) in [6.45, 7) is 4.57. The largest absolute Gasteiger partial charge is 0.334 e. The van der Waals surface area contributed by atoms with Crippen LogP contribution in [0.5, 0.6) is 0 Å². The molecule has 2 aliphatic rings. The van der Waals surface area contributed by atoms with Crippen molar-refractivity contribution in [2.45, 2.75) is 103 Å². The molecule has 0 radical (unpaired) electrons. The number of aromatic nitrogens is 2. The molecule has 1 heterocycles. The molecule has 1 aromatic carbocycles. The lowest BCUT2D eigenvalue weighted by atomic mass is 9.68. The zero-order valence-electron chi connectivity index (χ0n) is 19.1. The fraction of sp³-hybridized carbons (Fsp3) is 0.704. The van der Waals surface area contributed by atoms with Gasteiger partial charge in [-0.05, 0) is 86.8 Å². The molecule has 0 unspecified atom stereocenters. The Morgan fingerprint density at radius 3 is 2.13 bits per heavy atom. The molecule has 0 aliphatic heterocycles. The second-order valence-electron chi connectivity index (χ2n) is 9.94. The number of benzene rings is 1. The van der Waals surface area contributed by atoms with Crippen molar-refractivity contribution >= 4 is 0 Å². The van der Waals surface area contributed by atoms with Crippen molar-refractivity contribution in [3.8, 4) is 11.5 Å². The van der Waals surface area contributed by atoms with Crippen LogP contribution in [0.25, 0.3) is 11.5 Å². The average molecular weight is 409 g/mol. The lowest BCUT2D eigenvalue weighted by Crippen LogP contribution is -2.25. The van der Waals surface area contributed by atoms with Crippen LogP contribution < -0.4 is 0 Å². The molecule has 2 aliphatic carbocycles. The molecule has 2 fully saturated rings. The molecular formula is C27H40N2O. The van der Waals surface area contributed by atoms with Gasteiger partial charge >= 0.3 is 0 Å². The number of aryl methyl sites for hydroxylation is 1. The van der Waals surface area contributed by atoms with E-state index in [1.807, 2.05) is 0 Å². The highest BCUT2D eigenvalue weighted by Crippen LogP contribution is 2.44. The van der Waals surface area contributed by atoms with Crippen LogP contribution in [-0.4, -0.2) is 10.1 Å². The Bertz CT molecular complexity index is 749. The van der Waals surface area contributed by atoms with Crippen LogP contribution >= 0.6 is 0 Å². The number of hydrogen-bond donors (Lipinski definition) is 0. The fourth-order valence-electron chi connectivity index (χ4n) is 5.92. The molecule has 0 bridgehead atoms. The summed E-state index contributed by atoms with van der Waals surface area (Å²) in [7, 11) is 0. The van der Waals surface area contributed by atoms with Crippen molar-refractivity contribution in [3.63, 3.8) is 0 Å². The third-order valence-corrected chi connectivity index (χ3v) is 7.85. The average Bonchev–Trinajstić information content (AvgIpc) is 3.29. The maximum Gasteiger partial charge on any atom is 0.257 e. The number of nitrogens with zero attached hydrogens (tertiary/aromatic N) is 2. The van der Waals surface area contributed by atoms with Gasteiger partial charge in [-0.1, -0.05) is 63.2 Å². The van der Waals surface area contributed by atoms with E-state index in [-0.39, 0.29) is 0 Å². The minimum absolute atomic E-state index is 0.485. The van der Waals surface area contributed by atoms with E-state index in [9.17, 15) is 0 Å². The first-order valence-corrected chi connectivity index (χ1v) is 12.7. The Morgan fingerprint density at radius 1 is 0.833 bits per heavy atom. The van der Waals surface area contributed by atoms with Gasteiger partial charge in [0.15, 0.2) is 5.82 Å². The smallest absolute Gasteiger partial charge is 0.257 e. The molecule has 0 saturated heterocycles. The van der Waals surface area contributed by atoms with Gasteiger partial charge in [-0.2, -0.15) is 4.98 Å². The molecule has 3 nitrogen and oxygen atoms in total. The fourth-order valence-corrected chi connectivity index (χ4v) is 5.92. The summed E-state index contributed by atoms with van der Waals surface area (Å²) < 4.78 is 5.64. The normalized spacial score (nSPS) is 27.3. The molecule has 2 aromatic rings. The second-order valence-corrected chi connectivity index (χ2v) is 9.94. The van der Waals surface area contributed by atoms with Crippen LogP contribution in [-0.2, 0) is 6.42 Å². The van der Waals surface area contributed by atoms with Crippen LogP contribution in [0.2, 0.25) is 0 Å². The summed E-state index contributed by atoms with van der Waals surface area (Å²) in [5.41, 5.74) is 2.44. The Morgan fingerprint density at radius 2 is 1.50 bits per heavy atom. The van der Waals surface area contributed by atoms with E-state index in [2.05, 4.69) is 43.3 Å². The van der Waals surface area contributed by atoms with E-state index >= 15 is 0 Å². The lowest BCUT2D eigenvalue weighted by Gasteiger charge is -2.37. The first-order chi connectivity index (χ1) is 14.8. The van der Waals surface area contributed by atoms with E-state index in [1.165, 1.54) is 82.6 Å². The van der Waals surface area contributed by atoms with Gasteiger partial charge in [-0.3, -0.25) is 0 Å². The third kappa shape index (κ3) is 5.34. The zero-order valence-corrected chi connectivity index (χ0v) is 19.1. The molecule has 3 heteroatoms. The van der Waals surface area contributed by atoms with Gasteiger partial charge < -0.3 is 4.52 Å². The second kappa shape index (κ2) is 10.6. The number of unbranched alkanes of at least 4 members (excludes halogenated alkanes) is 1. The first-order valence-electron chi connectivity index (χ1n) is 12.7. The molecule has 30 heavy (non-hydrogen) atoms.